The first kappa shape index (κ1) is 18.7. The quantitative estimate of drug-likeness (QED) is 0.715. The number of aromatic nitrogens is 3. The number of carbonyl (C=O) groups excluding carboxylic acids is 1. The lowest BCUT2D eigenvalue weighted by molar-refractivity contribution is -0.121. The van der Waals surface area contributed by atoms with Crippen LogP contribution < -0.4 is 5.32 Å². The predicted molar refractivity (Wildman–Crippen MR) is 111 cm³/mol. The summed E-state index contributed by atoms with van der Waals surface area (Å²) in [4.78, 5) is 19.5. The van der Waals surface area contributed by atoms with Gasteiger partial charge < -0.3 is 5.32 Å². The summed E-state index contributed by atoms with van der Waals surface area (Å²) in [6.07, 6.45) is 3.56. The zero-order valence-corrected chi connectivity index (χ0v) is 16.7. The molecule has 7 heteroatoms. The number of carbonyl (C=O) groups is 1. The minimum Gasteiger partial charge on any atom is -0.326 e. The molecule has 1 aromatic carbocycles. The Morgan fingerprint density at radius 3 is 2.75 bits per heavy atom. The van der Waals surface area contributed by atoms with Gasteiger partial charge in [-0.3, -0.25) is 14.7 Å². The van der Waals surface area contributed by atoms with Crippen LogP contribution in [0.15, 0.2) is 48.7 Å². The molecule has 1 amide bonds. The van der Waals surface area contributed by atoms with E-state index in [4.69, 9.17) is 0 Å². The molecule has 0 unspecified atom stereocenters. The van der Waals surface area contributed by atoms with Crippen molar-refractivity contribution >= 4 is 22.9 Å². The fourth-order valence-corrected chi connectivity index (χ4v) is 4.15. The predicted octanol–water partition coefficient (Wildman–Crippen LogP) is 3.76. The molecule has 0 aliphatic carbocycles. The van der Waals surface area contributed by atoms with E-state index in [0.29, 0.717) is 0 Å². The highest BCUT2D eigenvalue weighted by atomic mass is 32.1. The third-order valence-electron chi connectivity index (χ3n) is 4.97. The Labute approximate surface area is 168 Å². The van der Waals surface area contributed by atoms with Crippen molar-refractivity contribution in [3.05, 3.63) is 59.4 Å². The number of aryl methyl sites for hydroxylation is 1. The maximum absolute atomic E-state index is 12.7. The lowest BCUT2D eigenvalue weighted by Crippen LogP contribution is -2.37. The molecule has 1 saturated heterocycles. The molecule has 3 aromatic rings. The Kier molecular flexibility index (Phi) is 5.73. The van der Waals surface area contributed by atoms with Crippen molar-refractivity contribution in [1.82, 2.24) is 20.1 Å². The van der Waals surface area contributed by atoms with Crippen molar-refractivity contribution < 1.29 is 4.79 Å². The van der Waals surface area contributed by atoms with Crippen LogP contribution in [-0.4, -0.2) is 39.1 Å². The molecule has 1 aliphatic heterocycles. The van der Waals surface area contributed by atoms with Gasteiger partial charge in [0.25, 0.3) is 0 Å². The Morgan fingerprint density at radius 2 is 2.04 bits per heavy atom. The number of nitrogens with zero attached hydrogens (tertiary/aromatic N) is 4. The summed E-state index contributed by atoms with van der Waals surface area (Å²) in [6.45, 7) is 4.61. The number of benzene rings is 1. The van der Waals surface area contributed by atoms with Crippen molar-refractivity contribution in [2.75, 3.05) is 18.4 Å². The number of hydrogen-bond acceptors (Lipinski definition) is 6. The molecular formula is C21H23N5OS. The summed E-state index contributed by atoms with van der Waals surface area (Å²) in [5.41, 5.74) is 2.87. The first-order chi connectivity index (χ1) is 13.7. The number of rotatable bonds is 5. The van der Waals surface area contributed by atoms with E-state index in [1.807, 2.05) is 55.6 Å². The fourth-order valence-electron chi connectivity index (χ4n) is 3.46. The van der Waals surface area contributed by atoms with Gasteiger partial charge in [0.1, 0.15) is 10.0 Å². The van der Waals surface area contributed by atoms with Gasteiger partial charge in [-0.15, -0.1) is 10.2 Å². The zero-order chi connectivity index (χ0) is 19.3. The van der Waals surface area contributed by atoms with Gasteiger partial charge >= 0.3 is 0 Å². The van der Waals surface area contributed by atoms with Crippen LogP contribution in [-0.2, 0) is 11.3 Å². The Balaban J connectivity index is 1.32. The van der Waals surface area contributed by atoms with E-state index in [1.54, 1.807) is 11.3 Å². The number of likely N-dealkylation sites (tertiary alicyclic amines) is 1. The van der Waals surface area contributed by atoms with Gasteiger partial charge in [0.15, 0.2) is 0 Å². The van der Waals surface area contributed by atoms with Gasteiger partial charge in [-0.25, -0.2) is 0 Å². The van der Waals surface area contributed by atoms with Crippen molar-refractivity contribution in [3.8, 4) is 10.6 Å². The van der Waals surface area contributed by atoms with Gasteiger partial charge in [0.05, 0.1) is 5.69 Å². The summed E-state index contributed by atoms with van der Waals surface area (Å²) in [7, 11) is 0. The number of nitrogens with one attached hydrogen (secondary N) is 1. The van der Waals surface area contributed by atoms with Crippen molar-refractivity contribution in [2.24, 2.45) is 5.92 Å². The maximum Gasteiger partial charge on any atom is 0.227 e. The SMILES string of the molecule is Cc1nnc(-c2cccc(NC(=O)C3CCN(Cc4ccccn4)CC3)c2)s1. The Bertz CT molecular complexity index is 935. The van der Waals surface area contributed by atoms with E-state index in [2.05, 4.69) is 25.4 Å². The molecule has 0 radical (unpaired) electrons. The van der Waals surface area contributed by atoms with Crippen LogP contribution in [0.5, 0.6) is 0 Å². The second-order valence-corrected chi connectivity index (χ2v) is 8.25. The topological polar surface area (TPSA) is 71.0 Å². The molecular weight excluding hydrogens is 370 g/mol. The van der Waals surface area contributed by atoms with E-state index in [-0.39, 0.29) is 11.8 Å². The average molecular weight is 394 g/mol. The highest BCUT2D eigenvalue weighted by molar-refractivity contribution is 7.14. The number of pyridine rings is 1. The van der Waals surface area contributed by atoms with Gasteiger partial charge in [0.2, 0.25) is 5.91 Å². The van der Waals surface area contributed by atoms with E-state index >= 15 is 0 Å². The highest BCUT2D eigenvalue weighted by Gasteiger charge is 2.25. The van der Waals surface area contributed by atoms with Crippen LogP contribution in [0.25, 0.3) is 10.6 Å². The monoisotopic (exact) mass is 393 g/mol. The molecule has 0 spiro atoms. The molecule has 28 heavy (non-hydrogen) atoms. The van der Waals surface area contributed by atoms with E-state index in [9.17, 15) is 4.79 Å². The third-order valence-corrected chi connectivity index (χ3v) is 5.86. The molecule has 3 heterocycles. The van der Waals surface area contributed by atoms with Crippen molar-refractivity contribution in [3.63, 3.8) is 0 Å². The minimum atomic E-state index is 0.0485. The second-order valence-electron chi connectivity index (χ2n) is 7.07. The average Bonchev–Trinajstić information content (AvgIpc) is 3.16. The van der Waals surface area contributed by atoms with E-state index in [0.717, 1.165) is 59.4 Å². The van der Waals surface area contributed by atoms with Crippen LogP contribution in [0.1, 0.15) is 23.5 Å². The maximum atomic E-state index is 12.7. The molecule has 144 valence electrons. The lowest BCUT2D eigenvalue weighted by Gasteiger charge is -2.31. The first-order valence-electron chi connectivity index (χ1n) is 9.51. The molecule has 6 nitrogen and oxygen atoms in total. The van der Waals surface area contributed by atoms with Crippen molar-refractivity contribution in [1.29, 1.82) is 0 Å². The summed E-state index contributed by atoms with van der Waals surface area (Å²) >= 11 is 1.55. The summed E-state index contributed by atoms with van der Waals surface area (Å²) in [5.74, 6) is 0.149. The van der Waals surface area contributed by atoms with E-state index in [1.165, 1.54) is 0 Å². The van der Waals surface area contributed by atoms with Crippen LogP contribution in [0.4, 0.5) is 5.69 Å². The minimum absolute atomic E-state index is 0.0485. The van der Waals surface area contributed by atoms with Gasteiger partial charge in [-0.1, -0.05) is 29.5 Å². The smallest absolute Gasteiger partial charge is 0.227 e. The Morgan fingerprint density at radius 1 is 1.18 bits per heavy atom. The molecule has 0 atom stereocenters. The standard InChI is InChI=1S/C21H23N5OS/c1-15-24-25-21(28-15)17-5-4-7-18(13-17)23-20(27)16-8-11-26(12-9-16)14-19-6-2-3-10-22-19/h2-7,10,13,16H,8-9,11-12,14H2,1H3,(H,23,27). The van der Waals surface area contributed by atoms with Crippen molar-refractivity contribution in [2.45, 2.75) is 26.3 Å². The molecule has 0 bridgehead atoms. The highest BCUT2D eigenvalue weighted by Crippen LogP contribution is 2.26. The molecule has 2 aromatic heterocycles. The third kappa shape index (κ3) is 4.61. The number of amides is 1. The zero-order valence-electron chi connectivity index (χ0n) is 15.8. The van der Waals surface area contributed by atoms with Gasteiger partial charge in [0, 0.05) is 29.9 Å². The van der Waals surface area contributed by atoms with Crippen LogP contribution in [0, 0.1) is 12.8 Å². The summed E-state index contributed by atoms with van der Waals surface area (Å²) in [6, 6.07) is 13.8. The van der Waals surface area contributed by atoms with Crippen LogP contribution in [0.2, 0.25) is 0 Å². The normalized spacial score (nSPS) is 15.5. The largest absolute Gasteiger partial charge is 0.326 e. The lowest BCUT2D eigenvalue weighted by atomic mass is 9.95. The first-order valence-corrected chi connectivity index (χ1v) is 10.3. The van der Waals surface area contributed by atoms with Crippen LogP contribution in [0.3, 0.4) is 0 Å². The summed E-state index contributed by atoms with van der Waals surface area (Å²) in [5, 5.41) is 13.1. The van der Waals surface area contributed by atoms with E-state index < -0.39 is 0 Å². The number of hydrogen-bond donors (Lipinski definition) is 1. The fraction of sp³-hybridized carbons (Fsp3) is 0.333. The van der Waals surface area contributed by atoms with Crippen LogP contribution >= 0.6 is 11.3 Å². The second kappa shape index (κ2) is 8.58. The molecule has 1 aliphatic rings. The molecule has 1 N–H and O–H groups in total. The van der Waals surface area contributed by atoms with Gasteiger partial charge in [-0.05, 0) is 57.1 Å². The number of piperidine rings is 1. The molecule has 4 rings (SSSR count). The molecule has 1 fully saturated rings. The summed E-state index contributed by atoms with van der Waals surface area (Å²) < 4.78 is 0. The molecule has 0 saturated carbocycles. The Hall–Kier alpha value is -2.64. The number of anilines is 1. The van der Waals surface area contributed by atoms with Gasteiger partial charge in [-0.2, -0.15) is 0 Å².